The van der Waals surface area contributed by atoms with Gasteiger partial charge in [-0.1, -0.05) is 0 Å². The maximum absolute atomic E-state index is 11.9. The molecule has 2 nitrogen and oxygen atoms in total. The highest BCUT2D eigenvalue weighted by atomic mass is 19.1. The molecular formula is C10H20FNO. The van der Waals surface area contributed by atoms with Crippen molar-refractivity contribution in [2.24, 2.45) is 0 Å². The second kappa shape index (κ2) is 6.33. The van der Waals surface area contributed by atoms with E-state index in [-0.39, 0.29) is 6.67 Å². The third-order valence-electron chi connectivity index (χ3n) is 2.54. The van der Waals surface area contributed by atoms with Crippen LogP contribution in [0.1, 0.15) is 26.2 Å². The lowest BCUT2D eigenvalue weighted by Gasteiger charge is -2.31. The highest BCUT2D eigenvalue weighted by Crippen LogP contribution is 2.13. The summed E-state index contributed by atoms with van der Waals surface area (Å²) >= 11 is 0. The summed E-state index contributed by atoms with van der Waals surface area (Å²) in [5, 5.41) is 0. The van der Waals surface area contributed by atoms with Crippen LogP contribution in [0.4, 0.5) is 4.39 Å². The number of hydrogen-bond acceptors (Lipinski definition) is 2. The number of alkyl halides is 1. The average molecular weight is 189 g/mol. The van der Waals surface area contributed by atoms with E-state index in [0.29, 0.717) is 12.5 Å². The minimum atomic E-state index is -0.189. The van der Waals surface area contributed by atoms with Gasteiger partial charge in [0.05, 0.1) is 12.8 Å². The van der Waals surface area contributed by atoms with Gasteiger partial charge in [0.15, 0.2) is 0 Å². The van der Waals surface area contributed by atoms with Crippen LogP contribution in [0.5, 0.6) is 0 Å². The van der Waals surface area contributed by atoms with Crippen LogP contribution in [0.2, 0.25) is 0 Å². The molecule has 0 aromatic carbocycles. The molecule has 0 aliphatic carbocycles. The van der Waals surface area contributed by atoms with Crippen LogP contribution < -0.4 is 0 Å². The molecule has 3 heteroatoms. The van der Waals surface area contributed by atoms with Gasteiger partial charge in [-0.2, -0.15) is 0 Å². The second-order valence-electron chi connectivity index (χ2n) is 3.54. The highest BCUT2D eigenvalue weighted by Gasteiger charge is 2.18. The normalized spacial score (nSPS) is 20.8. The smallest absolute Gasteiger partial charge is 0.0906 e. The number of rotatable bonds is 5. The van der Waals surface area contributed by atoms with Crippen molar-refractivity contribution in [1.29, 1.82) is 0 Å². The van der Waals surface area contributed by atoms with E-state index in [1.54, 1.807) is 0 Å². The quantitative estimate of drug-likeness (QED) is 0.654. The van der Waals surface area contributed by atoms with Gasteiger partial charge >= 0.3 is 0 Å². The molecule has 0 aromatic rings. The first-order valence-electron chi connectivity index (χ1n) is 5.26. The minimum Gasteiger partial charge on any atom is -0.378 e. The van der Waals surface area contributed by atoms with Gasteiger partial charge in [-0.3, -0.25) is 4.39 Å². The maximum Gasteiger partial charge on any atom is 0.0906 e. The Labute approximate surface area is 80.1 Å². The van der Waals surface area contributed by atoms with E-state index in [4.69, 9.17) is 4.74 Å². The fourth-order valence-corrected chi connectivity index (χ4v) is 1.82. The van der Waals surface area contributed by atoms with E-state index in [0.717, 1.165) is 39.1 Å². The molecule has 1 aliphatic heterocycles. The summed E-state index contributed by atoms with van der Waals surface area (Å²) in [4.78, 5) is 2.33. The molecule has 0 radical (unpaired) electrons. The molecule has 1 heterocycles. The molecule has 0 atom stereocenters. The van der Waals surface area contributed by atoms with Gasteiger partial charge in [0.1, 0.15) is 0 Å². The SMILES string of the molecule is CCOC1CCN(CCCF)CC1. The fraction of sp³-hybridized carbons (Fsp3) is 1.00. The van der Waals surface area contributed by atoms with Crippen molar-refractivity contribution in [3.8, 4) is 0 Å². The lowest BCUT2D eigenvalue weighted by Crippen LogP contribution is -2.37. The van der Waals surface area contributed by atoms with Crippen molar-refractivity contribution in [3.63, 3.8) is 0 Å². The van der Waals surface area contributed by atoms with Crippen LogP contribution in [-0.2, 0) is 4.74 Å². The Bertz CT molecular complexity index is 124. The van der Waals surface area contributed by atoms with Crippen molar-refractivity contribution in [3.05, 3.63) is 0 Å². The summed E-state index contributed by atoms with van der Waals surface area (Å²) in [5.41, 5.74) is 0. The monoisotopic (exact) mass is 189 g/mol. The summed E-state index contributed by atoms with van der Waals surface area (Å²) < 4.78 is 17.4. The lowest BCUT2D eigenvalue weighted by molar-refractivity contribution is 0.0138. The van der Waals surface area contributed by atoms with E-state index in [1.165, 1.54) is 0 Å². The number of nitrogens with zero attached hydrogens (tertiary/aromatic N) is 1. The van der Waals surface area contributed by atoms with Gasteiger partial charge in [-0.25, -0.2) is 0 Å². The topological polar surface area (TPSA) is 12.5 Å². The summed E-state index contributed by atoms with van der Waals surface area (Å²) in [5.74, 6) is 0. The molecule has 1 aliphatic rings. The number of halogens is 1. The first-order chi connectivity index (χ1) is 6.36. The van der Waals surface area contributed by atoms with Gasteiger partial charge in [0.2, 0.25) is 0 Å². The molecule has 13 heavy (non-hydrogen) atoms. The largest absolute Gasteiger partial charge is 0.378 e. The highest BCUT2D eigenvalue weighted by molar-refractivity contribution is 4.72. The van der Waals surface area contributed by atoms with Crippen molar-refractivity contribution in [2.45, 2.75) is 32.3 Å². The molecule has 0 saturated carbocycles. The van der Waals surface area contributed by atoms with Crippen molar-refractivity contribution in [1.82, 2.24) is 4.90 Å². The van der Waals surface area contributed by atoms with Crippen LogP contribution in [0.3, 0.4) is 0 Å². The standard InChI is InChI=1S/C10H20FNO/c1-2-13-10-4-8-12(9-5-10)7-3-6-11/h10H,2-9H2,1H3. The Balaban J connectivity index is 2.08. The fourth-order valence-electron chi connectivity index (χ4n) is 1.82. The van der Waals surface area contributed by atoms with E-state index in [2.05, 4.69) is 4.90 Å². The van der Waals surface area contributed by atoms with E-state index in [9.17, 15) is 4.39 Å². The molecule has 1 saturated heterocycles. The van der Waals surface area contributed by atoms with Gasteiger partial charge in [0.25, 0.3) is 0 Å². The molecule has 0 aromatic heterocycles. The second-order valence-corrected chi connectivity index (χ2v) is 3.54. The molecule has 1 fully saturated rings. The number of likely N-dealkylation sites (tertiary alicyclic amines) is 1. The van der Waals surface area contributed by atoms with E-state index in [1.807, 2.05) is 6.92 Å². The molecule has 0 amide bonds. The van der Waals surface area contributed by atoms with Crippen molar-refractivity contribution < 1.29 is 9.13 Å². The zero-order valence-electron chi connectivity index (χ0n) is 8.47. The van der Waals surface area contributed by atoms with Gasteiger partial charge in [-0.05, 0) is 26.2 Å². The van der Waals surface area contributed by atoms with Crippen LogP contribution in [0.25, 0.3) is 0 Å². The Morgan fingerprint density at radius 1 is 1.38 bits per heavy atom. The van der Waals surface area contributed by atoms with Gasteiger partial charge in [-0.15, -0.1) is 0 Å². The first kappa shape index (κ1) is 10.9. The van der Waals surface area contributed by atoms with Gasteiger partial charge in [0, 0.05) is 26.2 Å². The van der Waals surface area contributed by atoms with Crippen molar-refractivity contribution in [2.75, 3.05) is 32.9 Å². The minimum absolute atomic E-state index is 0.189. The first-order valence-corrected chi connectivity index (χ1v) is 5.26. The summed E-state index contributed by atoms with van der Waals surface area (Å²) in [6.07, 6.45) is 3.35. The zero-order valence-corrected chi connectivity index (χ0v) is 8.47. The summed E-state index contributed by atoms with van der Waals surface area (Å²) in [6.45, 7) is 5.72. The maximum atomic E-state index is 11.9. The predicted octanol–water partition coefficient (Wildman–Crippen LogP) is 1.85. The Morgan fingerprint density at radius 3 is 2.62 bits per heavy atom. The zero-order chi connectivity index (χ0) is 9.52. The van der Waals surface area contributed by atoms with Crippen LogP contribution >= 0.6 is 0 Å². The molecule has 1 rings (SSSR count). The Morgan fingerprint density at radius 2 is 2.08 bits per heavy atom. The number of ether oxygens (including phenoxy) is 1. The van der Waals surface area contributed by atoms with Crippen LogP contribution in [0.15, 0.2) is 0 Å². The molecule has 0 N–H and O–H groups in total. The Kier molecular flexibility index (Phi) is 5.32. The number of hydrogen-bond donors (Lipinski definition) is 0. The molecule has 78 valence electrons. The summed E-state index contributed by atoms with van der Waals surface area (Å²) in [6, 6.07) is 0. The molecule has 0 unspecified atom stereocenters. The summed E-state index contributed by atoms with van der Waals surface area (Å²) in [7, 11) is 0. The van der Waals surface area contributed by atoms with E-state index >= 15 is 0 Å². The van der Waals surface area contributed by atoms with Gasteiger partial charge < -0.3 is 9.64 Å². The third-order valence-corrected chi connectivity index (χ3v) is 2.54. The van der Waals surface area contributed by atoms with Crippen LogP contribution in [-0.4, -0.2) is 43.9 Å². The van der Waals surface area contributed by atoms with Crippen LogP contribution in [0, 0.1) is 0 Å². The van der Waals surface area contributed by atoms with Crippen molar-refractivity contribution >= 4 is 0 Å². The lowest BCUT2D eigenvalue weighted by atomic mass is 10.1. The molecular weight excluding hydrogens is 169 g/mol. The number of piperidine rings is 1. The Hall–Kier alpha value is -0.150. The van der Waals surface area contributed by atoms with E-state index < -0.39 is 0 Å². The average Bonchev–Trinajstić information content (AvgIpc) is 2.17. The third kappa shape index (κ3) is 4.05. The predicted molar refractivity (Wildman–Crippen MR) is 51.7 cm³/mol. The molecule has 0 spiro atoms. The molecule has 0 bridgehead atoms.